The highest BCUT2D eigenvalue weighted by Gasteiger charge is 2.08. The van der Waals surface area contributed by atoms with Gasteiger partial charge in [0, 0.05) is 40.2 Å². The highest BCUT2D eigenvalue weighted by molar-refractivity contribution is 9.10. The number of amides is 1. The van der Waals surface area contributed by atoms with E-state index in [1.54, 1.807) is 0 Å². The van der Waals surface area contributed by atoms with Crippen LogP contribution in [0.3, 0.4) is 0 Å². The molecule has 0 bridgehead atoms. The summed E-state index contributed by atoms with van der Waals surface area (Å²) in [5, 5.41) is 15.2. The predicted octanol–water partition coefficient (Wildman–Crippen LogP) is 2.85. The van der Waals surface area contributed by atoms with Gasteiger partial charge in [0.25, 0.3) is 0 Å². The van der Waals surface area contributed by atoms with E-state index >= 15 is 0 Å². The summed E-state index contributed by atoms with van der Waals surface area (Å²) in [4.78, 5) is 13.7. The van der Waals surface area contributed by atoms with Gasteiger partial charge in [-0.25, -0.2) is 4.79 Å². The van der Waals surface area contributed by atoms with Crippen LogP contribution in [0.1, 0.15) is 18.7 Å². The molecular formula is C13H16BrN3O2. The molecule has 4 N–H and O–H groups in total. The van der Waals surface area contributed by atoms with Crippen molar-refractivity contribution in [3.8, 4) is 0 Å². The van der Waals surface area contributed by atoms with Crippen molar-refractivity contribution in [2.45, 2.75) is 13.0 Å². The molecule has 1 aromatic carbocycles. The molecule has 1 amide bonds. The van der Waals surface area contributed by atoms with E-state index in [0.29, 0.717) is 13.1 Å². The van der Waals surface area contributed by atoms with E-state index in [9.17, 15) is 4.79 Å². The Balaban J connectivity index is 1.97. The van der Waals surface area contributed by atoms with Crippen LogP contribution < -0.4 is 10.6 Å². The molecule has 0 radical (unpaired) electrons. The molecule has 5 nitrogen and oxygen atoms in total. The molecule has 0 fully saturated rings. The summed E-state index contributed by atoms with van der Waals surface area (Å²) >= 11 is 3.45. The van der Waals surface area contributed by atoms with Gasteiger partial charge in [-0.2, -0.15) is 0 Å². The van der Waals surface area contributed by atoms with Crippen molar-refractivity contribution >= 4 is 32.9 Å². The summed E-state index contributed by atoms with van der Waals surface area (Å²) < 4.78 is 1.05. The summed E-state index contributed by atoms with van der Waals surface area (Å²) in [5.74, 6) is 0. The lowest BCUT2D eigenvalue weighted by molar-refractivity contribution is 0.194. The number of hydrogen-bond donors (Lipinski definition) is 4. The number of rotatable bonds is 5. The first kappa shape index (κ1) is 13.9. The fraction of sp³-hybridized carbons (Fsp3) is 0.308. The van der Waals surface area contributed by atoms with Crippen molar-refractivity contribution in [2.75, 3.05) is 13.1 Å². The number of nitrogens with one attached hydrogen (secondary N) is 3. The van der Waals surface area contributed by atoms with Gasteiger partial charge in [0.05, 0.1) is 0 Å². The Labute approximate surface area is 119 Å². The van der Waals surface area contributed by atoms with Crippen LogP contribution in [0.15, 0.2) is 28.7 Å². The Hall–Kier alpha value is -1.53. The van der Waals surface area contributed by atoms with Crippen molar-refractivity contribution in [2.24, 2.45) is 0 Å². The monoisotopic (exact) mass is 325 g/mol. The van der Waals surface area contributed by atoms with Gasteiger partial charge in [-0.05, 0) is 31.2 Å². The zero-order valence-electron chi connectivity index (χ0n) is 10.5. The van der Waals surface area contributed by atoms with Gasteiger partial charge < -0.3 is 20.7 Å². The summed E-state index contributed by atoms with van der Waals surface area (Å²) in [6, 6.07) is 8.33. The zero-order chi connectivity index (χ0) is 13.8. The number of aromatic nitrogens is 1. The van der Waals surface area contributed by atoms with Crippen LogP contribution in [0, 0.1) is 0 Å². The minimum atomic E-state index is -0.995. The number of carboxylic acid groups (broad SMARTS) is 1. The number of carbonyl (C=O) groups is 1. The van der Waals surface area contributed by atoms with E-state index in [0.717, 1.165) is 21.1 Å². The quantitative estimate of drug-likeness (QED) is 0.638. The number of halogens is 1. The van der Waals surface area contributed by atoms with E-state index < -0.39 is 6.09 Å². The molecule has 6 heteroatoms. The largest absolute Gasteiger partial charge is 0.465 e. The number of H-pyrrole nitrogens is 1. The topological polar surface area (TPSA) is 77.2 Å². The van der Waals surface area contributed by atoms with Crippen LogP contribution in [0.25, 0.3) is 10.9 Å². The van der Waals surface area contributed by atoms with Crippen LogP contribution in [0.5, 0.6) is 0 Å². The number of hydrogen-bond acceptors (Lipinski definition) is 2. The summed E-state index contributed by atoms with van der Waals surface area (Å²) in [5.41, 5.74) is 2.18. The second-order valence-electron chi connectivity index (χ2n) is 4.36. The second kappa shape index (κ2) is 6.08. The third-order valence-electron chi connectivity index (χ3n) is 2.92. The van der Waals surface area contributed by atoms with E-state index in [1.165, 1.54) is 0 Å². The first-order chi connectivity index (χ1) is 9.06. The zero-order valence-corrected chi connectivity index (χ0v) is 12.1. The minimum Gasteiger partial charge on any atom is -0.465 e. The number of fused-ring (bicyclic) bond motifs is 1. The average molecular weight is 326 g/mol. The fourth-order valence-corrected chi connectivity index (χ4v) is 2.31. The molecule has 1 unspecified atom stereocenters. The summed E-state index contributed by atoms with van der Waals surface area (Å²) in [7, 11) is 0. The molecule has 0 aliphatic rings. The SMILES string of the molecule is CC(NCCNC(=O)O)c1cc2cc(Br)ccc2[nH]1. The minimum absolute atomic E-state index is 0.141. The second-order valence-corrected chi connectivity index (χ2v) is 5.28. The maximum atomic E-state index is 10.3. The molecule has 1 atom stereocenters. The molecule has 1 heterocycles. The Morgan fingerprint density at radius 3 is 2.95 bits per heavy atom. The maximum absolute atomic E-state index is 10.3. The Bertz CT molecular complexity index is 582. The van der Waals surface area contributed by atoms with E-state index in [2.05, 4.69) is 43.7 Å². The highest BCUT2D eigenvalue weighted by Crippen LogP contribution is 2.23. The van der Waals surface area contributed by atoms with Gasteiger partial charge in [-0.1, -0.05) is 15.9 Å². The van der Waals surface area contributed by atoms with Gasteiger partial charge >= 0.3 is 6.09 Å². The molecule has 19 heavy (non-hydrogen) atoms. The van der Waals surface area contributed by atoms with Crippen molar-refractivity contribution in [1.29, 1.82) is 0 Å². The standard InChI is InChI=1S/C13H16BrN3O2/c1-8(15-4-5-16-13(18)19)12-7-9-6-10(14)2-3-11(9)17-12/h2-3,6-8,15-17H,4-5H2,1H3,(H,18,19). The molecule has 0 aliphatic carbocycles. The molecular weight excluding hydrogens is 310 g/mol. The first-order valence-electron chi connectivity index (χ1n) is 6.04. The van der Waals surface area contributed by atoms with E-state index in [4.69, 9.17) is 5.11 Å². The lowest BCUT2D eigenvalue weighted by Gasteiger charge is -2.11. The number of aromatic amines is 1. The van der Waals surface area contributed by atoms with Crippen molar-refractivity contribution < 1.29 is 9.90 Å². The molecule has 1 aromatic heterocycles. The third-order valence-corrected chi connectivity index (χ3v) is 3.42. The van der Waals surface area contributed by atoms with Gasteiger partial charge in [0.15, 0.2) is 0 Å². The van der Waals surface area contributed by atoms with Crippen molar-refractivity contribution in [1.82, 2.24) is 15.6 Å². The van der Waals surface area contributed by atoms with Crippen LogP contribution in [0.4, 0.5) is 4.79 Å². The van der Waals surface area contributed by atoms with E-state index in [-0.39, 0.29) is 6.04 Å². The van der Waals surface area contributed by atoms with Crippen LogP contribution >= 0.6 is 15.9 Å². The van der Waals surface area contributed by atoms with Crippen LogP contribution in [0.2, 0.25) is 0 Å². The van der Waals surface area contributed by atoms with Gasteiger partial charge in [0.2, 0.25) is 0 Å². The summed E-state index contributed by atoms with van der Waals surface area (Å²) in [6.07, 6.45) is -0.995. The van der Waals surface area contributed by atoms with E-state index in [1.807, 2.05) is 19.1 Å². The smallest absolute Gasteiger partial charge is 0.404 e. The van der Waals surface area contributed by atoms with Gasteiger partial charge in [0.1, 0.15) is 0 Å². The van der Waals surface area contributed by atoms with Crippen molar-refractivity contribution in [3.05, 3.63) is 34.4 Å². The fourth-order valence-electron chi connectivity index (χ4n) is 1.93. The Kier molecular flexibility index (Phi) is 4.44. The molecule has 2 aromatic rings. The summed E-state index contributed by atoms with van der Waals surface area (Å²) in [6.45, 7) is 3.03. The predicted molar refractivity (Wildman–Crippen MR) is 78.4 cm³/mol. The molecule has 0 spiro atoms. The molecule has 0 saturated carbocycles. The molecule has 102 valence electrons. The third kappa shape index (κ3) is 3.71. The van der Waals surface area contributed by atoms with Crippen molar-refractivity contribution in [3.63, 3.8) is 0 Å². The number of benzene rings is 1. The van der Waals surface area contributed by atoms with Gasteiger partial charge in [-0.15, -0.1) is 0 Å². The molecule has 2 rings (SSSR count). The van der Waals surface area contributed by atoms with Gasteiger partial charge in [-0.3, -0.25) is 0 Å². The Morgan fingerprint density at radius 1 is 1.42 bits per heavy atom. The molecule has 0 saturated heterocycles. The average Bonchev–Trinajstić information content (AvgIpc) is 2.77. The van der Waals surface area contributed by atoms with Crippen LogP contribution in [-0.2, 0) is 0 Å². The lowest BCUT2D eigenvalue weighted by Crippen LogP contribution is -2.32. The molecule has 0 aliphatic heterocycles. The normalized spacial score (nSPS) is 12.5. The van der Waals surface area contributed by atoms with Crippen LogP contribution in [-0.4, -0.2) is 29.3 Å². The highest BCUT2D eigenvalue weighted by atomic mass is 79.9. The Morgan fingerprint density at radius 2 is 2.21 bits per heavy atom. The maximum Gasteiger partial charge on any atom is 0.404 e. The lowest BCUT2D eigenvalue weighted by atomic mass is 10.2. The first-order valence-corrected chi connectivity index (χ1v) is 6.84.